The summed E-state index contributed by atoms with van der Waals surface area (Å²) in [5.41, 5.74) is 3.81. The van der Waals surface area contributed by atoms with Crippen molar-refractivity contribution in [1.82, 2.24) is 9.55 Å². The second-order valence-corrected chi connectivity index (χ2v) is 13.9. The van der Waals surface area contributed by atoms with Gasteiger partial charge >= 0.3 is 0 Å². The molecule has 1 aliphatic rings. The molecule has 24 heavy (non-hydrogen) atoms. The minimum absolute atomic E-state index is 0.535. The van der Waals surface area contributed by atoms with Crippen LogP contribution in [-0.2, 0) is 11.5 Å². The summed E-state index contributed by atoms with van der Waals surface area (Å²) in [6, 6.07) is 5.37. The van der Waals surface area contributed by atoms with Crippen LogP contribution in [0.15, 0.2) is 24.4 Å². The molecule has 0 aromatic carbocycles. The van der Waals surface area contributed by atoms with Gasteiger partial charge in [0.15, 0.2) is 0 Å². The predicted molar refractivity (Wildman–Crippen MR) is 105 cm³/mol. The van der Waals surface area contributed by atoms with Crippen LogP contribution in [0, 0.1) is 0 Å². The SMILES string of the molecule is C[Si](C)(C)CCOCn1c(C2=CCCCC2)cc2cnc(Cl)cc21. The number of halogens is 1. The number of hydrogen-bond donors (Lipinski definition) is 0. The van der Waals surface area contributed by atoms with Crippen LogP contribution in [0.25, 0.3) is 16.5 Å². The third-order valence-electron chi connectivity index (χ3n) is 4.59. The van der Waals surface area contributed by atoms with E-state index >= 15 is 0 Å². The van der Waals surface area contributed by atoms with Crippen LogP contribution in [0.2, 0.25) is 30.8 Å². The van der Waals surface area contributed by atoms with E-state index in [-0.39, 0.29) is 0 Å². The summed E-state index contributed by atoms with van der Waals surface area (Å²) in [7, 11) is -1.06. The van der Waals surface area contributed by atoms with Crippen molar-refractivity contribution in [2.45, 2.75) is 58.1 Å². The zero-order valence-corrected chi connectivity index (χ0v) is 16.7. The molecule has 0 fully saturated rings. The van der Waals surface area contributed by atoms with Crippen LogP contribution in [0.3, 0.4) is 0 Å². The fourth-order valence-electron chi connectivity index (χ4n) is 3.14. The van der Waals surface area contributed by atoms with Gasteiger partial charge in [0, 0.05) is 32.0 Å². The quantitative estimate of drug-likeness (QED) is 0.360. The van der Waals surface area contributed by atoms with Crippen molar-refractivity contribution in [1.29, 1.82) is 0 Å². The lowest BCUT2D eigenvalue weighted by atomic mass is 9.97. The molecule has 0 aliphatic heterocycles. The first kappa shape index (κ1) is 17.7. The van der Waals surface area contributed by atoms with Gasteiger partial charge in [-0.25, -0.2) is 4.98 Å². The van der Waals surface area contributed by atoms with E-state index in [1.807, 2.05) is 12.3 Å². The van der Waals surface area contributed by atoms with Gasteiger partial charge in [-0.2, -0.15) is 0 Å². The Morgan fingerprint density at radius 2 is 2.08 bits per heavy atom. The van der Waals surface area contributed by atoms with Crippen molar-refractivity contribution in [3.05, 3.63) is 35.3 Å². The lowest BCUT2D eigenvalue weighted by molar-refractivity contribution is 0.0897. The Labute approximate surface area is 150 Å². The molecule has 0 saturated carbocycles. The Bertz CT molecular complexity index is 746. The van der Waals surface area contributed by atoms with Gasteiger partial charge in [-0.05, 0) is 49.4 Å². The second kappa shape index (κ2) is 7.42. The van der Waals surface area contributed by atoms with Crippen LogP contribution in [0.4, 0.5) is 0 Å². The Balaban J connectivity index is 1.87. The number of pyridine rings is 1. The monoisotopic (exact) mass is 362 g/mol. The molecule has 0 unspecified atom stereocenters. The minimum atomic E-state index is -1.06. The Hall–Kier alpha value is -1.10. The van der Waals surface area contributed by atoms with E-state index < -0.39 is 8.07 Å². The first-order valence-electron chi connectivity index (χ1n) is 8.86. The van der Waals surface area contributed by atoms with E-state index in [9.17, 15) is 0 Å². The summed E-state index contributed by atoms with van der Waals surface area (Å²) in [5.74, 6) is 0. The molecule has 0 bridgehead atoms. The molecule has 5 heteroatoms. The zero-order chi connectivity index (χ0) is 17.2. The highest BCUT2D eigenvalue weighted by atomic mass is 35.5. The van der Waals surface area contributed by atoms with E-state index in [1.165, 1.54) is 36.6 Å². The summed E-state index contributed by atoms with van der Waals surface area (Å²) in [5, 5.41) is 1.67. The number of ether oxygens (including phenoxy) is 1. The van der Waals surface area contributed by atoms with Crippen molar-refractivity contribution < 1.29 is 4.74 Å². The van der Waals surface area contributed by atoms with Gasteiger partial charge in [0.1, 0.15) is 11.9 Å². The molecule has 130 valence electrons. The highest BCUT2D eigenvalue weighted by Crippen LogP contribution is 2.32. The average Bonchev–Trinajstić information content (AvgIpc) is 2.89. The molecule has 3 rings (SSSR count). The van der Waals surface area contributed by atoms with E-state index in [2.05, 4.69) is 41.3 Å². The zero-order valence-electron chi connectivity index (χ0n) is 14.9. The average molecular weight is 363 g/mol. The first-order chi connectivity index (χ1) is 11.4. The Kier molecular flexibility index (Phi) is 5.48. The largest absolute Gasteiger partial charge is 0.361 e. The van der Waals surface area contributed by atoms with E-state index in [0.717, 1.165) is 23.9 Å². The van der Waals surface area contributed by atoms with Gasteiger partial charge in [-0.15, -0.1) is 0 Å². The van der Waals surface area contributed by atoms with Crippen molar-refractivity contribution in [3.63, 3.8) is 0 Å². The number of allylic oxidation sites excluding steroid dienone is 2. The Morgan fingerprint density at radius 1 is 1.25 bits per heavy atom. The van der Waals surface area contributed by atoms with Crippen LogP contribution < -0.4 is 0 Å². The van der Waals surface area contributed by atoms with Crippen molar-refractivity contribution in [3.8, 4) is 0 Å². The van der Waals surface area contributed by atoms with Crippen LogP contribution in [0.5, 0.6) is 0 Å². The van der Waals surface area contributed by atoms with Gasteiger partial charge in [0.05, 0.1) is 5.52 Å². The standard InChI is InChI=1S/C19H27ClN2OSi/c1-24(2,3)10-9-23-14-22-17(15-7-5-4-6-8-15)11-16-13-21-19(20)12-18(16)22/h7,11-13H,4-6,8-10,14H2,1-3H3. The molecule has 1 aliphatic carbocycles. The van der Waals surface area contributed by atoms with Crippen LogP contribution >= 0.6 is 11.6 Å². The Morgan fingerprint density at radius 3 is 2.79 bits per heavy atom. The summed E-state index contributed by atoms with van der Waals surface area (Å²) in [4.78, 5) is 4.23. The number of nitrogens with zero attached hydrogens (tertiary/aromatic N) is 2. The maximum absolute atomic E-state index is 6.13. The third kappa shape index (κ3) is 4.29. The van der Waals surface area contributed by atoms with Crippen molar-refractivity contribution >= 4 is 36.2 Å². The molecule has 0 saturated heterocycles. The molecule has 0 atom stereocenters. The van der Waals surface area contributed by atoms with E-state index in [4.69, 9.17) is 16.3 Å². The first-order valence-corrected chi connectivity index (χ1v) is 12.9. The highest BCUT2D eigenvalue weighted by Gasteiger charge is 2.16. The fourth-order valence-corrected chi connectivity index (χ4v) is 4.05. The molecule has 2 aromatic rings. The van der Waals surface area contributed by atoms with Gasteiger partial charge in [-0.3, -0.25) is 0 Å². The topological polar surface area (TPSA) is 27.1 Å². The summed E-state index contributed by atoms with van der Waals surface area (Å²) in [6.45, 7) is 8.55. The normalized spacial score (nSPS) is 15.8. The minimum Gasteiger partial charge on any atom is -0.361 e. The molecule has 0 spiro atoms. The number of hydrogen-bond acceptors (Lipinski definition) is 2. The van der Waals surface area contributed by atoms with Crippen LogP contribution in [0.1, 0.15) is 31.4 Å². The van der Waals surface area contributed by atoms with E-state index in [1.54, 1.807) is 0 Å². The van der Waals surface area contributed by atoms with Gasteiger partial charge in [0.25, 0.3) is 0 Å². The lowest BCUT2D eigenvalue weighted by Gasteiger charge is -2.18. The van der Waals surface area contributed by atoms with Gasteiger partial charge in [0.2, 0.25) is 0 Å². The predicted octanol–water partition coefficient (Wildman–Crippen LogP) is 5.96. The molecule has 0 N–H and O–H groups in total. The molecule has 2 aromatic heterocycles. The second-order valence-electron chi connectivity index (χ2n) is 7.85. The molecular weight excluding hydrogens is 336 g/mol. The number of fused-ring (bicyclic) bond motifs is 1. The maximum atomic E-state index is 6.13. The fraction of sp³-hybridized carbons (Fsp3) is 0.526. The summed E-state index contributed by atoms with van der Waals surface area (Å²) < 4.78 is 8.31. The highest BCUT2D eigenvalue weighted by molar-refractivity contribution is 6.76. The number of rotatable bonds is 6. The van der Waals surface area contributed by atoms with Gasteiger partial charge in [-0.1, -0.05) is 37.3 Å². The molecular formula is C19H27ClN2OSi. The summed E-state index contributed by atoms with van der Waals surface area (Å²) >= 11 is 6.13. The molecule has 0 radical (unpaired) electrons. The smallest absolute Gasteiger partial charge is 0.131 e. The molecule has 0 amide bonds. The molecule has 2 heterocycles. The van der Waals surface area contributed by atoms with Crippen molar-refractivity contribution in [2.75, 3.05) is 6.61 Å². The number of aromatic nitrogens is 2. The summed E-state index contributed by atoms with van der Waals surface area (Å²) in [6.07, 6.45) is 9.12. The lowest BCUT2D eigenvalue weighted by Crippen LogP contribution is -2.22. The third-order valence-corrected chi connectivity index (χ3v) is 6.50. The molecule has 3 nitrogen and oxygen atoms in total. The van der Waals surface area contributed by atoms with E-state index in [0.29, 0.717) is 11.9 Å². The van der Waals surface area contributed by atoms with Crippen molar-refractivity contribution in [2.24, 2.45) is 0 Å². The maximum Gasteiger partial charge on any atom is 0.131 e. The van der Waals surface area contributed by atoms with Crippen LogP contribution in [-0.4, -0.2) is 24.2 Å². The van der Waals surface area contributed by atoms with Gasteiger partial charge < -0.3 is 9.30 Å².